The number of methoxy groups -OCH3 is 2. The van der Waals surface area contributed by atoms with E-state index in [9.17, 15) is 9.18 Å². The van der Waals surface area contributed by atoms with E-state index in [0.717, 1.165) is 38.5 Å². The van der Waals surface area contributed by atoms with Gasteiger partial charge in [0.25, 0.3) is 0 Å². The van der Waals surface area contributed by atoms with Crippen LogP contribution in [0.15, 0.2) is 40.9 Å². The molecular weight excluding hydrogens is 383 g/mol. The van der Waals surface area contributed by atoms with Crippen LogP contribution in [0.4, 0.5) is 4.39 Å². The van der Waals surface area contributed by atoms with Crippen molar-refractivity contribution in [2.75, 3.05) is 20.8 Å². The van der Waals surface area contributed by atoms with Crippen LogP contribution in [-0.2, 0) is 4.79 Å². The zero-order valence-corrected chi connectivity index (χ0v) is 17.7. The van der Waals surface area contributed by atoms with Gasteiger partial charge in [0.2, 0.25) is 5.91 Å². The first kappa shape index (κ1) is 20.6. The number of hydrogen-bond donors (Lipinski definition) is 1. The summed E-state index contributed by atoms with van der Waals surface area (Å²) >= 11 is 0. The molecule has 0 unspecified atom stereocenters. The summed E-state index contributed by atoms with van der Waals surface area (Å²) in [5.74, 6) is 0.770. The van der Waals surface area contributed by atoms with E-state index in [1.807, 2.05) is 0 Å². The predicted molar refractivity (Wildman–Crippen MR) is 115 cm³/mol. The summed E-state index contributed by atoms with van der Waals surface area (Å²) in [4.78, 5) is 16.7. The van der Waals surface area contributed by atoms with Gasteiger partial charge in [0.1, 0.15) is 5.75 Å². The first-order chi connectivity index (χ1) is 14.5. The molecule has 0 aromatic heterocycles. The number of allylic oxidation sites excluding steroid dienone is 1. The number of aliphatic imine (C=N–C) groups is 1. The third-order valence-corrected chi connectivity index (χ3v) is 6.73. The van der Waals surface area contributed by atoms with Gasteiger partial charge >= 0.3 is 0 Å². The van der Waals surface area contributed by atoms with E-state index in [0.29, 0.717) is 17.9 Å². The highest BCUT2D eigenvalue weighted by Crippen LogP contribution is 2.44. The van der Waals surface area contributed by atoms with Crippen molar-refractivity contribution in [3.63, 3.8) is 0 Å². The van der Waals surface area contributed by atoms with Crippen LogP contribution in [0.1, 0.15) is 50.0 Å². The zero-order chi connectivity index (χ0) is 21.3. The first-order valence-corrected chi connectivity index (χ1v) is 10.7. The number of nitrogens with zero attached hydrogens (tertiary/aromatic N) is 1. The minimum absolute atomic E-state index is 0.0853. The molecule has 160 valence electrons. The Hall–Kier alpha value is -2.63. The minimum Gasteiger partial charge on any atom is -0.497 e. The minimum atomic E-state index is -0.297. The molecule has 2 aliphatic carbocycles. The van der Waals surface area contributed by atoms with Gasteiger partial charge in [-0.15, -0.1) is 0 Å². The van der Waals surface area contributed by atoms with Crippen molar-refractivity contribution in [3.05, 3.63) is 47.3 Å². The Bertz CT molecular complexity index is 921. The van der Waals surface area contributed by atoms with Crippen LogP contribution >= 0.6 is 0 Å². The highest BCUT2D eigenvalue weighted by molar-refractivity contribution is 6.05. The van der Waals surface area contributed by atoms with Gasteiger partial charge in [-0.1, -0.05) is 13.0 Å². The normalized spacial score (nSPS) is 25.6. The summed E-state index contributed by atoms with van der Waals surface area (Å²) in [7, 11) is 3.06. The molecule has 1 heterocycles. The average Bonchev–Trinajstić information content (AvgIpc) is 3.39. The van der Waals surface area contributed by atoms with Crippen LogP contribution in [0, 0.1) is 11.7 Å². The molecule has 0 saturated heterocycles. The topological polar surface area (TPSA) is 59.9 Å². The van der Waals surface area contributed by atoms with E-state index in [1.165, 1.54) is 30.0 Å². The van der Waals surface area contributed by atoms with Crippen LogP contribution in [0.2, 0.25) is 0 Å². The number of rotatable bonds is 6. The van der Waals surface area contributed by atoms with Crippen LogP contribution in [0.5, 0.6) is 11.5 Å². The summed E-state index contributed by atoms with van der Waals surface area (Å²) in [6, 6.07) is 3.50. The third kappa shape index (κ3) is 3.75. The maximum Gasteiger partial charge on any atom is 0.243 e. The number of halogens is 1. The Kier molecular flexibility index (Phi) is 5.93. The number of amides is 1. The van der Waals surface area contributed by atoms with Crippen molar-refractivity contribution in [1.82, 2.24) is 5.32 Å². The summed E-state index contributed by atoms with van der Waals surface area (Å²) in [6.45, 7) is 4.24. The van der Waals surface area contributed by atoms with Gasteiger partial charge in [0.15, 0.2) is 11.6 Å². The van der Waals surface area contributed by atoms with Crippen LogP contribution < -0.4 is 14.8 Å². The van der Waals surface area contributed by atoms with Crippen molar-refractivity contribution in [1.29, 1.82) is 0 Å². The second kappa shape index (κ2) is 8.62. The molecule has 1 fully saturated rings. The molecular formula is C24H29FN2O3. The highest BCUT2D eigenvalue weighted by Gasteiger charge is 2.38. The molecule has 0 radical (unpaired) electrons. The molecule has 0 spiro atoms. The molecule has 1 amide bonds. The second-order valence-corrected chi connectivity index (χ2v) is 8.31. The monoisotopic (exact) mass is 412 g/mol. The maximum atomic E-state index is 15.0. The second-order valence-electron chi connectivity index (χ2n) is 8.31. The zero-order valence-electron chi connectivity index (χ0n) is 17.7. The lowest BCUT2D eigenvalue weighted by Gasteiger charge is -2.28. The molecule has 1 saturated carbocycles. The highest BCUT2D eigenvalue weighted by atomic mass is 19.1. The summed E-state index contributed by atoms with van der Waals surface area (Å²) in [6.07, 6.45) is 6.99. The summed E-state index contributed by atoms with van der Waals surface area (Å²) < 4.78 is 25.5. The number of carbonyl (C=O) groups is 1. The molecule has 6 heteroatoms. The number of benzene rings is 1. The molecule has 30 heavy (non-hydrogen) atoms. The lowest BCUT2D eigenvalue weighted by Crippen LogP contribution is -2.39. The van der Waals surface area contributed by atoms with Gasteiger partial charge in [-0.2, -0.15) is 0 Å². The molecule has 5 nitrogen and oxygen atoms in total. The smallest absolute Gasteiger partial charge is 0.243 e. The van der Waals surface area contributed by atoms with Gasteiger partial charge in [0, 0.05) is 23.7 Å². The SMILES string of the molecule is C=CC(=O)N[C@@H]1CCC[C@@H]1C1=NCC2=C1CC[C@H](c1cc(OC)cc(OC)c1F)C2. The molecule has 0 bridgehead atoms. The number of ether oxygens (including phenoxy) is 2. The number of nitrogens with one attached hydrogen (secondary N) is 1. The van der Waals surface area contributed by atoms with E-state index in [-0.39, 0.29) is 35.4 Å². The van der Waals surface area contributed by atoms with Crippen molar-refractivity contribution in [3.8, 4) is 11.5 Å². The van der Waals surface area contributed by atoms with Gasteiger partial charge in [-0.05, 0) is 66.9 Å². The van der Waals surface area contributed by atoms with Crippen LogP contribution in [0.25, 0.3) is 0 Å². The van der Waals surface area contributed by atoms with Crippen molar-refractivity contribution >= 4 is 11.6 Å². The third-order valence-electron chi connectivity index (χ3n) is 6.73. The Morgan fingerprint density at radius 2 is 2.10 bits per heavy atom. The Morgan fingerprint density at radius 1 is 1.27 bits per heavy atom. The van der Waals surface area contributed by atoms with Crippen molar-refractivity contribution < 1.29 is 18.7 Å². The molecule has 1 aromatic rings. The van der Waals surface area contributed by atoms with Gasteiger partial charge in [0.05, 0.1) is 20.8 Å². The summed E-state index contributed by atoms with van der Waals surface area (Å²) in [5, 5.41) is 3.08. The van der Waals surface area contributed by atoms with Crippen molar-refractivity contribution in [2.24, 2.45) is 10.9 Å². The maximum absolute atomic E-state index is 15.0. The molecule has 1 N–H and O–H groups in total. The Labute approximate surface area is 177 Å². The van der Waals surface area contributed by atoms with Gasteiger partial charge < -0.3 is 14.8 Å². The van der Waals surface area contributed by atoms with E-state index >= 15 is 0 Å². The quantitative estimate of drug-likeness (QED) is 0.708. The molecule has 1 aromatic carbocycles. The largest absolute Gasteiger partial charge is 0.497 e. The fraction of sp³-hybridized carbons (Fsp3) is 0.500. The van der Waals surface area contributed by atoms with Crippen molar-refractivity contribution in [2.45, 2.75) is 50.5 Å². The van der Waals surface area contributed by atoms with E-state index in [4.69, 9.17) is 14.5 Å². The standard InChI is InChI=1S/C24H29FN2O3/c1-4-22(28)27-20-7-5-6-18(20)24-17-9-8-14(10-15(17)13-26-24)19-11-16(29-2)12-21(30-3)23(19)25/h4,11-12,14,18,20H,1,5-10,13H2,2-3H3,(H,27,28)/t14-,18-,20+/m0/s1. The number of carbonyl (C=O) groups excluding carboxylic acids is 1. The lowest BCUT2D eigenvalue weighted by atomic mass is 9.77. The van der Waals surface area contributed by atoms with E-state index in [2.05, 4.69) is 11.9 Å². The first-order valence-electron chi connectivity index (χ1n) is 10.7. The predicted octanol–water partition coefficient (Wildman–Crippen LogP) is 4.33. The summed E-state index contributed by atoms with van der Waals surface area (Å²) in [5.41, 5.74) is 4.47. The van der Waals surface area contributed by atoms with Crippen LogP contribution in [0.3, 0.4) is 0 Å². The van der Waals surface area contributed by atoms with Gasteiger partial charge in [-0.3, -0.25) is 9.79 Å². The Balaban J connectivity index is 1.54. The van der Waals surface area contributed by atoms with E-state index < -0.39 is 0 Å². The van der Waals surface area contributed by atoms with Gasteiger partial charge in [-0.25, -0.2) is 4.39 Å². The fourth-order valence-corrected chi connectivity index (χ4v) is 5.23. The van der Waals surface area contributed by atoms with E-state index in [1.54, 1.807) is 19.2 Å². The number of hydrogen-bond acceptors (Lipinski definition) is 4. The molecule has 4 rings (SSSR count). The van der Waals surface area contributed by atoms with Crippen LogP contribution in [-0.4, -0.2) is 38.4 Å². The Morgan fingerprint density at radius 3 is 2.83 bits per heavy atom. The molecule has 3 aliphatic rings. The molecule has 3 atom stereocenters. The fourth-order valence-electron chi connectivity index (χ4n) is 5.23. The lowest BCUT2D eigenvalue weighted by molar-refractivity contribution is -0.117. The average molecular weight is 413 g/mol. The molecule has 1 aliphatic heterocycles.